The summed E-state index contributed by atoms with van der Waals surface area (Å²) < 4.78 is 0. The van der Waals surface area contributed by atoms with Gasteiger partial charge in [-0.05, 0) is 12.1 Å². The Morgan fingerprint density at radius 2 is 1.92 bits per heavy atom. The van der Waals surface area contributed by atoms with Crippen molar-refractivity contribution in [3.05, 3.63) is 42.4 Å². The van der Waals surface area contributed by atoms with Crippen LogP contribution in [0.15, 0.2) is 46.5 Å². The number of nitrogens with two attached hydrogens (primary N) is 1. The van der Waals surface area contributed by atoms with Crippen molar-refractivity contribution in [3.8, 4) is 0 Å². The molecule has 4 rings (SSSR count). The third-order valence-corrected chi connectivity index (χ3v) is 5.79. The van der Waals surface area contributed by atoms with Crippen LogP contribution in [0.2, 0.25) is 0 Å². The molecule has 8 heteroatoms. The third kappa shape index (κ3) is 3.02. The van der Waals surface area contributed by atoms with E-state index in [0.29, 0.717) is 23.0 Å². The highest BCUT2D eigenvalue weighted by Crippen LogP contribution is 2.38. The summed E-state index contributed by atoms with van der Waals surface area (Å²) in [5.74, 6) is 0.742. The minimum atomic E-state index is -0.903. The lowest BCUT2D eigenvalue weighted by Gasteiger charge is -2.21. The van der Waals surface area contributed by atoms with E-state index in [1.165, 1.54) is 6.33 Å². The number of fused-ring (bicyclic) bond motifs is 1. The summed E-state index contributed by atoms with van der Waals surface area (Å²) in [7, 11) is 0. The standard InChI is InChI=1S/C17H19N5O2S/c18-17-14-12(20-8-21-17)10(6-19-14)13-16(24)15(23)11(22-13)7-25-9-4-2-1-3-5-9/h1-6,8,10-11,13,15-16,22-24H,7H2,(H2,18,20,21)/t10?,11-,13+,15-,16+/m0/s1. The highest BCUT2D eigenvalue weighted by atomic mass is 32.2. The number of aliphatic hydroxyl groups excluding tert-OH is 2. The van der Waals surface area contributed by atoms with Gasteiger partial charge in [0.2, 0.25) is 0 Å². The summed E-state index contributed by atoms with van der Waals surface area (Å²) in [5.41, 5.74) is 7.08. The number of hydrogen-bond acceptors (Lipinski definition) is 8. The first-order valence-electron chi connectivity index (χ1n) is 8.09. The van der Waals surface area contributed by atoms with Crippen molar-refractivity contribution in [1.29, 1.82) is 0 Å². The van der Waals surface area contributed by atoms with Crippen LogP contribution in [0.4, 0.5) is 11.5 Å². The molecule has 5 atom stereocenters. The number of anilines is 1. The minimum absolute atomic E-state index is 0.221. The maximum Gasteiger partial charge on any atom is 0.153 e. The molecule has 3 heterocycles. The van der Waals surface area contributed by atoms with Gasteiger partial charge in [-0.3, -0.25) is 4.99 Å². The predicted molar refractivity (Wildman–Crippen MR) is 97.2 cm³/mol. The molecule has 1 fully saturated rings. The zero-order valence-corrected chi connectivity index (χ0v) is 14.2. The normalized spacial score (nSPS) is 30.6. The van der Waals surface area contributed by atoms with E-state index in [9.17, 15) is 10.2 Å². The van der Waals surface area contributed by atoms with Gasteiger partial charge in [0, 0.05) is 28.9 Å². The van der Waals surface area contributed by atoms with Gasteiger partial charge in [0.25, 0.3) is 0 Å². The molecule has 2 aromatic rings. The Morgan fingerprint density at radius 3 is 2.72 bits per heavy atom. The number of thioether (sulfide) groups is 1. The van der Waals surface area contributed by atoms with E-state index in [1.54, 1.807) is 18.0 Å². The van der Waals surface area contributed by atoms with Crippen LogP contribution in [0, 0.1) is 0 Å². The van der Waals surface area contributed by atoms with Crippen LogP contribution in [0.1, 0.15) is 11.6 Å². The fourth-order valence-electron chi connectivity index (χ4n) is 3.33. The van der Waals surface area contributed by atoms with Crippen molar-refractivity contribution in [2.75, 3.05) is 11.5 Å². The lowest BCUT2D eigenvalue weighted by molar-refractivity contribution is 0.0299. The molecule has 0 bridgehead atoms. The Hall–Kier alpha value is -2.00. The summed E-state index contributed by atoms with van der Waals surface area (Å²) in [5, 5.41) is 24.3. The number of nitrogen functional groups attached to an aromatic ring is 1. The van der Waals surface area contributed by atoms with Gasteiger partial charge in [0.1, 0.15) is 12.0 Å². The van der Waals surface area contributed by atoms with Crippen LogP contribution in [-0.4, -0.2) is 56.4 Å². The van der Waals surface area contributed by atoms with Gasteiger partial charge >= 0.3 is 0 Å². The molecular weight excluding hydrogens is 338 g/mol. The third-order valence-electron chi connectivity index (χ3n) is 4.66. The number of rotatable bonds is 4. The molecule has 7 nitrogen and oxygen atoms in total. The van der Waals surface area contributed by atoms with Crippen LogP contribution in [0.25, 0.3) is 0 Å². The monoisotopic (exact) mass is 357 g/mol. The molecule has 1 saturated heterocycles. The van der Waals surface area contributed by atoms with E-state index in [4.69, 9.17) is 5.73 Å². The van der Waals surface area contributed by atoms with E-state index >= 15 is 0 Å². The van der Waals surface area contributed by atoms with E-state index in [2.05, 4.69) is 20.3 Å². The second-order valence-corrected chi connectivity index (χ2v) is 7.29. The van der Waals surface area contributed by atoms with Crippen LogP contribution in [0.3, 0.4) is 0 Å². The molecular formula is C17H19N5O2S. The Kier molecular flexibility index (Phi) is 4.43. The number of aromatic nitrogens is 2. The molecule has 25 heavy (non-hydrogen) atoms. The highest BCUT2D eigenvalue weighted by Gasteiger charge is 2.46. The molecule has 0 spiro atoms. The summed E-state index contributed by atoms with van der Waals surface area (Å²) in [6.07, 6.45) is 1.37. The Labute approximate surface area is 149 Å². The number of aliphatic imine (C=N–C) groups is 1. The van der Waals surface area contributed by atoms with Gasteiger partial charge in [0.15, 0.2) is 5.82 Å². The zero-order chi connectivity index (χ0) is 17.4. The van der Waals surface area contributed by atoms with E-state index < -0.39 is 12.2 Å². The number of benzene rings is 1. The summed E-state index contributed by atoms with van der Waals surface area (Å²) in [6.45, 7) is 0. The first-order valence-corrected chi connectivity index (χ1v) is 9.08. The van der Waals surface area contributed by atoms with Gasteiger partial charge in [0.05, 0.1) is 23.8 Å². The second kappa shape index (κ2) is 6.72. The maximum atomic E-state index is 10.5. The maximum absolute atomic E-state index is 10.5. The van der Waals surface area contributed by atoms with Crippen molar-refractivity contribution in [3.63, 3.8) is 0 Å². The number of aliphatic hydroxyl groups is 2. The number of hydrogen-bond donors (Lipinski definition) is 4. The molecule has 0 saturated carbocycles. The fourth-order valence-corrected chi connectivity index (χ4v) is 4.35. The van der Waals surface area contributed by atoms with E-state index in [0.717, 1.165) is 4.90 Å². The molecule has 2 aliphatic heterocycles. The Bertz CT molecular complexity index is 788. The van der Waals surface area contributed by atoms with Crippen molar-refractivity contribution >= 4 is 29.5 Å². The van der Waals surface area contributed by atoms with Gasteiger partial charge in [-0.25, -0.2) is 9.97 Å². The minimum Gasteiger partial charge on any atom is -0.389 e. The van der Waals surface area contributed by atoms with Crippen LogP contribution in [-0.2, 0) is 0 Å². The van der Waals surface area contributed by atoms with Crippen molar-refractivity contribution in [1.82, 2.24) is 15.3 Å². The lowest BCUT2D eigenvalue weighted by Crippen LogP contribution is -2.39. The molecule has 130 valence electrons. The molecule has 0 radical (unpaired) electrons. The van der Waals surface area contributed by atoms with Crippen LogP contribution >= 0.6 is 11.8 Å². The molecule has 5 N–H and O–H groups in total. The molecule has 0 amide bonds. The average molecular weight is 357 g/mol. The molecule has 1 aromatic heterocycles. The summed E-state index contributed by atoms with van der Waals surface area (Å²) in [6, 6.07) is 9.40. The van der Waals surface area contributed by atoms with Gasteiger partial charge in [-0.2, -0.15) is 0 Å². The van der Waals surface area contributed by atoms with Gasteiger partial charge in [-0.1, -0.05) is 18.2 Å². The van der Waals surface area contributed by atoms with Gasteiger partial charge < -0.3 is 21.3 Å². The lowest BCUT2D eigenvalue weighted by atomic mass is 9.94. The first kappa shape index (κ1) is 16.5. The molecule has 2 aliphatic rings. The van der Waals surface area contributed by atoms with Crippen molar-refractivity contribution in [2.24, 2.45) is 4.99 Å². The van der Waals surface area contributed by atoms with E-state index in [1.807, 2.05) is 30.3 Å². The summed E-state index contributed by atoms with van der Waals surface area (Å²) >= 11 is 1.64. The van der Waals surface area contributed by atoms with Crippen molar-refractivity contribution in [2.45, 2.75) is 35.1 Å². The summed E-state index contributed by atoms with van der Waals surface area (Å²) in [4.78, 5) is 13.6. The van der Waals surface area contributed by atoms with Crippen LogP contribution < -0.4 is 11.1 Å². The number of nitrogens with one attached hydrogen (secondary N) is 1. The second-order valence-electron chi connectivity index (χ2n) is 6.20. The Morgan fingerprint density at radius 1 is 1.12 bits per heavy atom. The smallest absolute Gasteiger partial charge is 0.153 e. The molecule has 1 unspecified atom stereocenters. The highest BCUT2D eigenvalue weighted by molar-refractivity contribution is 7.99. The average Bonchev–Trinajstić information content (AvgIpc) is 3.18. The SMILES string of the molecule is Nc1ncnc2c1N=CC2[C@H]1N[C@@H](CSc2ccccc2)[C@H](O)[C@@H]1O. The topological polar surface area (TPSA) is 117 Å². The number of nitrogens with zero attached hydrogens (tertiary/aromatic N) is 3. The van der Waals surface area contributed by atoms with Gasteiger partial charge in [-0.15, -0.1) is 11.8 Å². The van der Waals surface area contributed by atoms with E-state index in [-0.39, 0.29) is 18.0 Å². The Balaban J connectivity index is 1.48. The fraction of sp³-hybridized carbons (Fsp3) is 0.353. The largest absolute Gasteiger partial charge is 0.389 e. The first-order chi connectivity index (χ1) is 12.1. The quantitative estimate of drug-likeness (QED) is 0.596. The van der Waals surface area contributed by atoms with Crippen LogP contribution in [0.5, 0.6) is 0 Å². The molecule has 1 aromatic carbocycles. The van der Waals surface area contributed by atoms with Crippen molar-refractivity contribution < 1.29 is 10.2 Å². The zero-order valence-electron chi connectivity index (χ0n) is 13.4. The predicted octanol–water partition coefficient (Wildman–Crippen LogP) is 0.713. The molecule has 0 aliphatic carbocycles.